The zero-order valence-corrected chi connectivity index (χ0v) is 9.64. The van der Waals surface area contributed by atoms with Crippen molar-refractivity contribution >= 4 is 5.91 Å². The van der Waals surface area contributed by atoms with Crippen molar-refractivity contribution in [3.63, 3.8) is 0 Å². The molecule has 1 unspecified atom stereocenters. The lowest BCUT2D eigenvalue weighted by atomic mass is 10.0. The van der Waals surface area contributed by atoms with E-state index in [0.717, 1.165) is 31.7 Å². The minimum atomic E-state index is 0.179. The fourth-order valence-corrected chi connectivity index (χ4v) is 1.26. The van der Waals surface area contributed by atoms with Gasteiger partial charge in [-0.15, -0.1) is 0 Å². The standard InChI is InChI=1S/C12H24NO/c1-4-6-9-12(14)13-10-7-8-11(3)5-2/h11H,1,4-10H2,2-3H3,(H,13,14). The molecule has 1 amide bonds. The molecule has 14 heavy (non-hydrogen) atoms. The molecule has 0 aromatic rings. The zero-order chi connectivity index (χ0) is 10.8. The number of carbonyl (C=O) groups excluding carboxylic acids is 1. The summed E-state index contributed by atoms with van der Waals surface area (Å²) in [6, 6.07) is 0. The van der Waals surface area contributed by atoms with E-state index in [0.29, 0.717) is 6.42 Å². The Bertz CT molecular complexity index is 145. The van der Waals surface area contributed by atoms with Crippen molar-refractivity contribution < 1.29 is 4.79 Å². The van der Waals surface area contributed by atoms with Gasteiger partial charge in [0, 0.05) is 13.0 Å². The van der Waals surface area contributed by atoms with Crippen molar-refractivity contribution in [2.24, 2.45) is 5.92 Å². The molecule has 0 rings (SSSR count). The van der Waals surface area contributed by atoms with E-state index >= 15 is 0 Å². The summed E-state index contributed by atoms with van der Waals surface area (Å²) in [5.41, 5.74) is 0. The number of amides is 1. The van der Waals surface area contributed by atoms with Crippen LogP contribution in [0.3, 0.4) is 0 Å². The molecular formula is C12H24NO. The van der Waals surface area contributed by atoms with Crippen LogP contribution >= 0.6 is 0 Å². The van der Waals surface area contributed by atoms with E-state index in [9.17, 15) is 4.79 Å². The molecule has 0 saturated heterocycles. The summed E-state index contributed by atoms with van der Waals surface area (Å²) in [5.74, 6) is 0.963. The number of hydrogen-bond donors (Lipinski definition) is 1. The zero-order valence-electron chi connectivity index (χ0n) is 9.64. The van der Waals surface area contributed by atoms with Gasteiger partial charge in [-0.05, 0) is 25.2 Å². The Labute approximate surface area is 88.5 Å². The predicted molar refractivity (Wildman–Crippen MR) is 60.9 cm³/mol. The topological polar surface area (TPSA) is 29.1 Å². The summed E-state index contributed by atoms with van der Waals surface area (Å²) in [7, 11) is 0. The normalized spacial score (nSPS) is 12.5. The van der Waals surface area contributed by atoms with E-state index in [1.165, 1.54) is 12.8 Å². The second-order valence-electron chi connectivity index (χ2n) is 3.96. The average molecular weight is 198 g/mol. The van der Waals surface area contributed by atoms with Crippen molar-refractivity contribution in [2.75, 3.05) is 6.54 Å². The molecule has 0 aliphatic carbocycles. The third-order valence-electron chi connectivity index (χ3n) is 2.55. The summed E-state index contributed by atoms with van der Waals surface area (Å²) in [6.45, 7) is 9.00. The van der Waals surface area contributed by atoms with Crippen LogP contribution in [0.25, 0.3) is 0 Å². The molecule has 2 nitrogen and oxygen atoms in total. The summed E-state index contributed by atoms with van der Waals surface area (Å²) < 4.78 is 0. The lowest BCUT2D eigenvalue weighted by molar-refractivity contribution is -0.121. The Morgan fingerprint density at radius 2 is 2.14 bits per heavy atom. The van der Waals surface area contributed by atoms with Gasteiger partial charge in [0.05, 0.1) is 0 Å². The summed E-state index contributed by atoms with van der Waals surface area (Å²) in [4.78, 5) is 11.2. The van der Waals surface area contributed by atoms with Crippen molar-refractivity contribution in [3.05, 3.63) is 6.92 Å². The first-order valence-corrected chi connectivity index (χ1v) is 5.76. The lowest BCUT2D eigenvalue weighted by Crippen LogP contribution is -2.24. The number of carbonyl (C=O) groups is 1. The van der Waals surface area contributed by atoms with Crippen LogP contribution in [-0.4, -0.2) is 12.5 Å². The van der Waals surface area contributed by atoms with Crippen LogP contribution in [0.2, 0.25) is 0 Å². The average Bonchev–Trinajstić information content (AvgIpc) is 2.21. The monoisotopic (exact) mass is 198 g/mol. The van der Waals surface area contributed by atoms with Gasteiger partial charge in [-0.3, -0.25) is 4.79 Å². The van der Waals surface area contributed by atoms with Crippen LogP contribution in [0, 0.1) is 12.8 Å². The molecule has 0 spiro atoms. The lowest BCUT2D eigenvalue weighted by Gasteiger charge is -2.08. The van der Waals surface area contributed by atoms with Gasteiger partial charge in [-0.1, -0.05) is 33.6 Å². The molecule has 0 bridgehead atoms. The number of rotatable bonds is 8. The highest BCUT2D eigenvalue weighted by atomic mass is 16.1. The number of hydrogen-bond acceptors (Lipinski definition) is 1. The van der Waals surface area contributed by atoms with Gasteiger partial charge in [0.25, 0.3) is 0 Å². The summed E-state index contributed by atoms with van der Waals surface area (Å²) in [6.07, 6.45) is 5.93. The SMILES string of the molecule is [CH2]CCCC(=O)NCCCC(C)CC. The maximum Gasteiger partial charge on any atom is 0.219 e. The van der Waals surface area contributed by atoms with Crippen molar-refractivity contribution in [1.82, 2.24) is 5.32 Å². The van der Waals surface area contributed by atoms with E-state index in [4.69, 9.17) is 0 Å². The van der Waals surface area contributed by atoms with Crippen molar-refractivity contribution in [2.45, 2.75) is 52.4 Å². The molecule has 0 aliphatic rings. The van der Waals surface area contributed by atoms with Gasteiger partial charge in [0.1, 0.15) is 0 Å². The van der Waals surface area contributed by atoms with Crippen molar-refractivity contribution in [3.8, 4) is 0 Å². The van der Waals surface area contributed by atoms with Crippen LogP contribution in [0.5, 0.6) is 0 Å². The molecular weight excluding hydrogens is 174 g/mol. The summed E-state index contributed by atoms with van der Waals surface area (Å²) >= 11 is 0. The molecule has 0 aromatic heterocycles. The number of nitrogens with one attached hydrogen (secondary N) is 1. The highest BCUT2D eigenvalue weighted by Gasteiger charge is 2.01. The third-order valence-corrected chi connectivity index (χ3v) is 2.55. The fourth-order valence-electron chi connectivity index (χ4n) is 1.26. The first-order chi connectivity index (χ1) is 6.70. The van der Waals surface area contributed by atoms with Gasteiger partial charge in [-0.25, -0.2) is 0 Å². The molecule has 83 valence electrons. The smallest absolute Gasteiger partial charge is 0.219 e. The van der Waals surface area contributed by atoms with E-state index in [1.54, 1.807) is 0 Å². The van der Waals surface area contributed by atoms with Gasteiger partial charge in [0.2, 0.25) is 5.91 Å². The Hall–Kier alpha value is -0.530. The van der Waals surface area contributed by atoms with E-state index in [-0.39, 0.29) is 5.91 Å². The van der Waals surface area contributed by atoms with Crippen LogP contribution in [-0.2, 0) is 4.79 Å². The molecule has 0 saturated carbocycles. The van der Waals surface area contributed by atoms with E-state index in [2.05, 4.69) is 26.1 Å². The molecule has 0 aromatic carbocycles. The van der Waals surface area contributed by atoms with Gasteiger partial charge < -0.3 is 5.32 Å². The van der Waals surface area contributed by atoms with E-state index in [1.807, 2.05) is 0 Å². The minimum absolute atomic E-state index is 0.179. The second kappa shape index (κ2) is 9.04. The molecule has 0 aliphatic heterocycles. The van der Waals surface area contributed by atoms with Crippen LogP contribution in [0.1, 0.15) is 52.4 Å². The largest absolute Gasteiger partial charge is 0.356 e. The Balaban J connectivity index is 3.22. The maximum atomic E-state index is 11.2. The highest BCUT2D eigenvalue weighted by molar-refractivity contribution is 5.75. The van der Waals surface area contributed by atoms with Crippen molar-refractivity contribution in [1.29, 1.82) is 0 Å². The molecule has 1 radical (unpaired) electrons. The van der Waals surface area contributed by atoms with Crippen LogP contribution in [0.15, 0.2) is 0 Å². The molecule has 1 atom stereocenters. The molecule has 1 N–H and O–H groups in total. The van der Waals surface area contributed by atoms with Gasteiger partial charge in [0.15, 0.2) is 0 Å². The van der Waals surface area contributed by atoms with Crippen LogP contribution < -0.4 is 5.32 Å². The second-order valence-corrected chi connectivity index (χ2v) is 3.96. The highest BCUT2D eigenvalue weighted by Crippen LogP contribution is 2.08. The van der Waals surface area contributed by atoms with E-state index < -0.39 is 0 Å². The van der Waals surface area contributed by atoms with Crippen LogP contribution in [0.4, 0.5) is 0 Å². The molecule has 0 fully saturated rings. The molecule has 2 heteroatoms. The Morgan fingerprint density at radius 1 is 1.43 bits per heavy atom. The number of unbranched alkanes of at least 4 members (excludes halogenated alkanes) is 1. The molecule has 0 heterocycles. The quantitative estimate of drug-likeness (QED) is 0.597. The van der Waals surface area contributed by atoms with Gasteiger partial charge in [-0.2, -0.15) is 0 Å². The Kier molecular flexibility index (Phi) is 8.70. The maximum absolute atomic E-state index is 11.2. The fraction of sp³-hybridized carbons (Fsp3) is 0.833. The predicted octanol–water partition coefficient (Wildman–Crippen LogP) is 2.93. The third kappa shape index (κ3) is 8.09. The first-order valence-electron chi connectivity index (χ1n) is 5.76. The minimum Gasteiger partial charge on any atom is -0.356 e. The first kappa shape index (κ1) is 13.5. The Morgan fingerprint density at radius 3 is 2.71 bits per heavy atom. The summed E-state index contributed by atoms with van der Waals surface area (Å²) in [5, 5.41) is 2.93. The van der Waals surface area contributed by atoms with Gasteiger partial charge >= 0.3 is 0 Å².